The van der Waals surface area contributed by atoms with Crippen molar-refractivity contribution in [3.8, 4) is 0 Å². The van der Waals surface area contributed by atoms with E-state index < -0.39 is 5.41 Å². The molecule has 1 aromatic rings. The zero-order valence-corrected chi connectivity index (χ0v) is 13.7. The average molecular weight is 302 g/mol. The van der Waals surface area contributed by atoms with Gasteiger partial charge in [-0.15, -0.1) is 0 Å². The second-order valence-electron chi connectivity index (χ2n) is 6.44. The Hall–Kier alpha value is -2.04. The topological polar surface area (TPSA) is 79.5 Å². The third-order valence-corrected chi connectivity index (χ3v) is 4.15. The predicted octanol–water partition coefficient (Wildman–Crippen LogP) is 2.06. The second kappa shape index (κ2) is 6.81. The molecule has 0 aliphatic heterocycles. The van der Waals surface area contributed by atoms with Gasteiger partial charge in [-0.2, -0.15) is 0 Å². The molecule has 22 heavy (non-hydrogen) atoms. The van der Waals surface area contributed by atoms with Gasteiger partial charge < -0.3 is 16.4 Å². The van der Waals surface area contributed by atoms with Gasteiger partial charge >= 0.3 is 0 Å². The van der Waals surface area contributed by atoms with Crippen LogP contribution in [-0.4, -0.2) is 25.5 Å². The Morgan fingerprint density at radius 3 is 2.77 bits per heavy atom. The lowest BCUT2D eigenvalue weighted by molar-refractivity contribution is -0.128. The summed E-state index contributed by atoms with van der Waals surface area (Å²) in [5.41, 5.74) is 9.20. The number of anilines is 1. The number of aryl methyl sites for hydroxylation is 1. The minimum Gasteiger partial charge on any atom is -0.370 e. The van der Waals surface area contributed by atoms with Gasteiger partial charge in [0.1, 0.15) is 0 Å². The minimum absolute atomic E-state index is 0.0406. The van der Waals surface area contributed by atoms with Crippen LogP contribution in [0.1, 0.15) is 37.8 Å². The molecule has 1 amide bonds. The highest BCUT2D eigenvalue weighted by Crippen LogP contribution is 2.27. The highest BCUT2D eigenvalue weighted by Gasteiger charge is 2.26. The first-order valence-corrected chi connectivity index (χ1v) is 7.84. The molecule has 0 bridgehead atoms. The Kier molecular flexibility index (Phi) is 5.06. The van der Waals surface area contributed by atoms with Crippen LogP contribution in [0.15, 0.2) is 23.2 Å². The fourth-order valence-corrected chi connectivity index (χ4v) is 2.77. The smallest absolute Gasteiger partial charge is 0.227 e. The summed E-state index contributed by atoms with van der Waals surface area (Å²) in [6, 6.07) is 6.27. The highest BCUT2D eigenvalue weighted by molar-refractivity contribution is 5.93. The van der Waals surface area contributed by atoms with Crippen LogP contribution in [0.4, 0.5) is 5.69 Å². The molecule has 1 aromatic carbocycles. The van der Waals surface area contributed by atoms with Crippen LogP contribution in [0, 0.1) is 5.41 Å². The molecule has 5 heteroatoms. The lowest BCUT2D eigenvalue weighted by atomic mass is 9.90. The van der Waals surface area contributed by atoms with Crippen molar-refractivity contribution in [3.05, 3.63) is 29.3 Å². The number of amides is 1. The van der Waals surface area contributed by atoms with Gasteiger partial charge in [0.05, 0.1) is 12.0 Å². The van der Waals surface area contributed by atoms with E-state index >= 15 is 0 Å². The highest BCUT2D eigenvalue weighted by atomic mass is 16.2. The van der Waals surface area contributed by atoms with E-state index in [0.717, 1.165) is 18.5 Å². The van der Waals surface area contributed by atoms with Crippen LogP contribution in [0.2, 0.25) is 0 Å². The van der Waals surface area contributed by atoms with Gasteiger partial charge in [-0.25, -0.2) is 0 Å². The van der Waals surface area contributed by atoms with Crippen molar-refractivity contribution in [1.29, 1.82) is 0 Å². The third kappa shape index (κ3) is 3.78. The number of rotatable bonds is 4. The molecular weight excluding hydrogens is 276 g/mol. The first-order valence-electron chi connectivity index (χ1n) is 7.84. The first-order chi connectivity index (χ1) is 10.4. The molecule has 5 nitrogen and oxygen atoms in total. The molecule has 0 spiro atoms. The Balaban J connectivity index is 2.07. The van der Waals surface area contributed by atoms with Crippen LogP contribution in [0.25, 0.3) is 0 Å². The summed E-state index contributed by atoms with van der Waals surface area (Å²) in [5.74, 6) is 0.317. The Morgan fingerprint density at radius 1 is 1.32 bits per heavy atom. The monoisotopic (exact) mass is 302 g/mol. The Morgan fingerprint density at radius 2 is 2.05 bits per heavy atom. The van der Waals surface area contributed by atoms with Gasteiger partial charge in [-0.1, -0.05) is 12.1 Å². The quantitative estimate of drug-likeness (QED) is 0.588. The molecule has 2 rings (SSSR count). The summed E-state index contributed by atoms with van der Waals surface area (Å²) >= 11 is 0. The van der Waals surface area contributed by atoms with E-state index in [2.05, 4.69) is 21.7 Å². The third-order valence-electron chi connectivity index (χ3n) is 4.15. The maximum atomic E-state index is 11.8. The molecule has 1 aliphatic carbocycles. The lowest BCUT2D eigenvalue weighted by Crippen LogP contribution is -2.37. The number of nitrogens with zero attached hydrogens (tertiary/aromatic N) is 1. The fourth-order valence-electron chi connectivity index (χ4n) is 2.77. The number of hydrogen-bond donors (Lipinski definition) is 3. The lowest BCUT2D eigenvalue weighted by Gasteiger charge is -2.21. The SMILES string of the molecule is CNC(=O)C(C)(C)CN=C(N)Nc1cccc2c1CCCC2. The van der Waals surface area contributed by atoms with Gasteiger partial charge in [-0.05, 0) is 56.7 Å². The van der Waals surface area contributed by atoms with Crippen molar-refractivity contribution in [2.75, 3.05) is 18.9 Å². The summed E-state index contributed by atoms with van der Waals surface area (Å²) < 4.78 is 0. The zero-order chi connectivity index (χ0) is 16.2. The van der Waals surface area contributed by atoms with Crippen LogP contribution >= 0.6 is 0 Å². The first kappa shape index (κ1) is 16.3. The van der Waals surface area contributed by atoms with Crippen LogP contribution in [0.3, 0.4) is 0 Å². The minimum atomic E-state index is -0.572. The molecule has 0 heterocycles. The number of carbonyl (C=O) groups is 1. The van der Waals surface area contributed by atoms with Crippen molar-refractivity contribution in [2.24, 2.45) is 16.1 Å². The van der Waals surface area contributed by atoms with E-state index in [0.29, 0.717) is 12.5 Å². The van der Waals surface area contributed by atoms with E-state index in [9.17, 15) is 4.79 Å². The standard InChI is InChI=1S/C17H26N4O/c1-17(2,15(22)19-3)11-20-16(18)21-14-10-6-8-12-7-4-5-9-13(12)14/h6,8,10H,4-5,7,9,11H2,1-3H3,(H,19,22)(H3,18,20,21). The van der Waals surface area contributed by atoms with E-state index in [1.165, 1.54) is 24.0 Å². The van der Waals surface area contributed by atoms with Gasteiger partial charge in [0.15, 0.2) is 5.96 Å². The number of aliphatic imine (C=N–C) groups is 1. The summed E-state index contributed by atoms with van der Waals surface area (Å²) in [7, 11) is 1.63. The summed E-state index contributed by atoms with van der Waals surface area (Å²) in [5, 5.41) is 5.85. The molecule has 0 radical (unpaired) electrons. The summed E-state index contributed by atoms with van der Waals surface area (Å²) in [4.78, 5) is 16.1. The molecule has 0 saturated heterocycles. The number of hydrogen-bond acceptors (Lipinski definition) is 2. The molecule has 0 unspecified atom stereocenters. The van der Waals surface area contributed by atoms with Crippen molar-refractivity contribution in [2.45, 2.75) is 39.5 Å². The molecule has 0 atom stereocenters. The average Bonchev–Trinajstić information content (AvgIpc) is 2.52. The number of guanidine groups is 1. The van der Waals surface area contributed by atoms with Crippen molar-refractivity contribution in [1.82, 2.24) is 5.32 Å². The Labute approximate surface area is 132 Å². The normalized spacial score (nSPS) is 15.1. The molecule has 0 aromatic heterocycles. The van der Waals surface area contributed by atoms with Crippen molar-refractivity contribution in [3.63, 3.8) is 0 Å². The number of fused-ring (bicyclic) bond motifs is 1. The summed E-state index contributed by atoms with van der Waals surface area (Å²) in [6.07, 6.45) is 4.67. The number of nitrogens with two attached hydrogens (primary N) is 1. The zero-order valence-electron chi connectivity index (χ0n) is 13.7. The van der Waals surface area contributed by atoms with E-state index in [1.54, 1.807) is 7.05 Å². The fraction of sp³-hybridized carbons (Fsp3) is 0.529. The van der Waals surface area contributed by atoms with E-state index in [1.807, 2.05) is 26.0 Å². The van der Waals surface area contributed by atoms with Crippen molar-refractivity contribution >= 4 is 17.6 Å². The van der Waals surface area contributed by atoms with Gasteiger partial charge in [-0.3, -0.25) is 9.79 Å². The largest absolute Gasteiger partial charge is 0.370 e. The summed E-state index contributed by atoms with van der Waals surface area (Å²) in [6.45, 7) is 4.06. The van der Waals surface area contributed by atoms with Gasteiger partial charge in [0.2, 0.25) is 5.91 Å². The van der Waals surface area contributed by atoms with Crippen LogP contribution in [0.5, 0.6) is 0 Å². The van der Waals surface area contributed by atoms with Crippen LogP contribution in [-0.2, 0) is 17.6 Å². The maximum absolute atomic E-state index is 11.8. The van der Waals surface area contributed by atoms with Gasteiger partial charge in [0.25, 0.3) is 0 Å². The molecule has 1 aliphatic rings. The molecule has 4 N–H and O–H groups in total. The molecular formula is C17H26N4O. The van der Waals surface area contributed by atoms with Crippen LogP contribution < -0.4 is 16.4 Å². The number of nitrogens with one attached hydrogen (secondary N) is 2. The number of benzene rings is 1. The molecule has 0 fully saturated rings. The number of carbonyl (C=O) groups excluding carboxylic acids is 1. The molecule has 0 saturated carbocycles. The predicted molar refractivity (Wildman–Crippen MR) is 91.0 cm³/mol. The maximum Gasteiger partial charge on any atom is 0.227 e. The molecule has 120 valence electrons. The van der Waals surface area contributed by atoms with E-state index in [4.69, 9.17) is 5.73 Å². The van der Waals surface area contributed by atoms with Gasteiger partial charge in [0, 0.05) is 12.7 Å². The van der Waals surface area contributed by atoms with E-state index in [-0.39, 0.29) is 5.91 Å². The second-order valence-corrected chi connectivity index (χ2v) is 6.44. The van der Waals surface area contributed by atoms with Crippen molar-refractivity contribution < 1.29 is 4.79 Å². The Bertz CT molecular complexity index is 578.